The number of thioether (sulfide) groups is 1. The highest BCUT2D eigenvalue weighted by Gasteiger charge is 2.25. The standard InChI is InChI=1S/C14H17ClN2OS/c15-10-1-2-13-11(6-10)12(3-4-19-13)17-14(18)5-9-7-16-8-9/h1-2,6,9,12,16H,3-5,7-8H2,(H,17,18). The molecule has 0 saturated carbocycles. The van der Waals surface area contributed by atoms with E-state index in [0.717, 1.165) is 30.3 Å². The van der Waals surface area contributed by atoms with Crippen molar-refractivity contribution in [3.63, 3.8) is 0 Å². The largest absolute Gasteiger partial charge is 0.349 e. The molecule has 5 heteroatoms. The second-order valence-electron chi connectivity index (χ2n) is 5.17. The van der Waals surface area contributed by atoms with Crippen LogP contribution in [0.4, 0.5) is 0 Å². The average Bonchev–Trinajstić information content (AvgIpc) is 2.35. The molecule has 1 amide bonds. The van der Waals surface area contributed by atoms with Crippen LogP contribution in [-0.2, 0) is 4.79 Å². The van der Waals surface area contributed by atoms with Crippen LogP contribution in [-0.4, -0.2) is 24.7 Å². The molecule has 3 rings (SSSR count). The minimum atomic E-state index is 0.121. The number of carbonyl (C=O) groups excluding carboxylic acids is 1. The van der Waals surface area contributed by atoms with E-state index in [-0.39, 0.29) is 11.9 Å². The molecule has 2 N–H and O–H groups in total. The van der Waals surface area contributed by atoms with Gasteiger partial charge in [0.15, 0.2) is 0 Å². The molecule has 1 aromatic rings. The monoisotopic (exact) mass is 296 g/mol. The number of hydrogen-bond acceptors (Lipinski definition) is 3. The smallest absolute Gasteiger partial charge is 0.220 e. The van der Waals surface area contributed by atoms with Crippen LogP contribution in [0.5, 0.6) is 0 Å². The van der Waals surface area contributed by atoms with Crippen molar-refractivity contribution in [3.05, 3.63) is 28.8 Å². The molecular weight excluding hydrogens is 280 g/mol. The summed E-state index contributed by atoms with van der Waals surface area (Å²) < 4.78 is 0. The van der Waals surface area contributed by atoms with Crippen LogP contribution >= 0.6 is 23.4 Å². The number of halogens is 1. The Morgan fingerprint density at radius 2 is 2.32 bits per heavy atom. The minimum Gasteiger partial charge on any atom is -0.349 e. The first-order valence-electron chi connectivity index (χ1n) is 6.64. The summed E-state index contributed by atoms with van der Waals surface area (Å²) in [6.45, 7) is 1.94. The fourth-order valence-corrected chi connectivity index (χ4v) is 3.81. The summed E-state index contributed by atoms with van der Waals surface area (Å²) in [7, 11) is 0. The predicted octanol–water partition coefficient (Wildman–Crippen LogP) is 2.60. The Bertz CT molecular complexity index is 490. The van der Waals surface area contributed by atoms with E-state index < -0.39 is 0 Å². The van der Waals surface area contributed by atoms with E-state index in [1.807, 2.05) is 23.9 Å². The third-order valence-electron chi connectivity index (χ3n) is 3.69. The van der Waals surface area contributed by atoms with E-state index in [9.17, 15) is 4.79 Å². The first kappa shape index (κ1) is 13.3. The second-order valence-corrected chi connectivity index (χ2v) is 6.74. The maximum absolute atomic E-state index is 12.0. The third kappa shape index (κ3) is 3.07. The van der Waals surface area contributed by atoms with Crippen LogP contribution in [0.3, 0.4) is 0 Å². The molecule has 1 fully saturated rings. The van der Waals surface area contributed by atoms with Gasteiger partial charge in [-0.25, -0.2) is 0 Å². The third-order valence-corrected chi connectivity index (χ3v) is 5.04. The lowest BCUT2D eigenvalue weighted by Crippen LogP contribution is -2.45. The van der Waals surface area contributed by atoms with Gasteiger partial charge in [0.2, 0.25) is 5.91 Å². The first-order valence-corrected chi connectivity index (χ1v) is 8.01. The molecule has 2 aliphatic heterocycles. The molecule has 1 unspecified atom stereocenters. The van der Waals surface area contributed by atoms with E-state index in [2.05, 4.69) is 16.7 Å². The minimum absolute atomic E-state index is 0.121. The molecular formula is C14H17ClN2OS. The summed E-state index contributed by atoms with van der Waals surface area (Å²) in [6.07, 6.45) is 1.61. The summed E-state index contributed by atoms with van der Waals surface area (Å²) >= 11 is 7.90. The van der Waals surface area contributed by atoms with E-state index in [4.69, 9.17) is 11.6 Å². The van der Waals surface area contributed by atoms with Crippen LogP contribution in [0.25, 0.3) is 0 Å². The molecule has 3 nitrogen and oxygen atoms in total. The van der Waals surface area contributed by atoms with Crippen molar-refractivity contribution in [2.45, 2.75) is 23.8 Å². The molecule has 102 valence electrons. The Balaban J connectivity index is 1.68. The van der Waals surface area contributed by atoms with Gasteiger partial charge in [-0.15, -0.1) is 11.8 Å². The quantitative estimate of drug-likeness (QED) is 0.901. The van der Waals surface area contributed by atoms with Crippen LogP contribution in [0, 0.1) is 5.92 Å². The van der Waals surface area contributed by atoms with Crippen LogP contribution in [0.1, 0.15) is 24.4 Å². The molecule has 1 aromatic carbocycles. The number of benzene rings is 1. The van der Waals surface area contributed by atoms with Gasteiger partial charge in [0, 0.05) is 22.1 Å². The number of fused-ring (bicyclic) bond motifs is 1. The second kappa shape index (κ2) is 5.73. The van der Waals surface area contributed by atoms with Crippen molar-refractivity contribution < 1.29 is 4.79 Å². The molecule has 1 saturated heterocycles. The van der Waals surface area contributed by atoms with Crippen LogP contribution in [0.15, 0.2) is 23.1 Å². The Morgan fingerprint density at radius 1 is 1.47 bits per heavy atom. The SMILES string of the molecule is O=C(CC1CNC1)NC1CCSc2ccc(Cl)cc21. The van der Waals surface area contributed by atoms with Crippen molar-refractivity contribution in [1.82, 2.24) is 10.6 Å². The van der Waals surface area contributed by atoms with Gasteiger partial charge in [0.1, 0.15) is 0 Å². The molecule has 0 spiro atoms. The van der Waals surface area contributed by atoms with Gasteiger partial charge in [-0.1, -0.05) is 11.6 Å². The van der Waals surface area contributed by atoms with Gasteiger partial charge < -0.3 is 10.6 Å². The van der Waals surface area contributed by atoms with Gasteiger partial charge in [-0.2, -0.15) is 0 Å². The lowest BCUT2D eigenvalue weighted by atomic mass is 9.98. The molecule has 0 bridgehead atoms. The van der Waals surface area contributed by atoms with Crippen LogP contribution in [0.2, 0.25) is 5.02 Å². The lowest BCUT2D eigenvalue weighted by Gasteiger charge is -2.29. The Labute approximate surface area is 122 Å². The van der Waals surface area contributed by atoms with E-state index in [1.54, 1.807) is 0 Å². The average molecular weight is 297 g/mol. The number of carbonyl (C=O) groups is 1. The fraction of sp³-hybridized carbons (Fsp3) is 0.500. The highest BCUT2D eigenvalue weighted by molar-refractivity contribution is 7.99. The van der Waals surface area contributed by atoms with E-state index in [0.29, 0.717) is 12.3 Å². The highest BCUT2D eigenvalue weighted by Crippen LogP contribution is 2.37. The molecule has 19 heavy (non-hydrogen) atoms. The maximum atomic E-state index is 12.0. The molecule has 0 aliphatic carbocycles. The predicted molar refractivity (Wildman–Crippen MR) is 78.7 cm³/mol. The first-order chi connectivity index (χ1) is 9.22. The van der Waals surface area contributed by atoms with Gasteiger partial charge in [0.25, 0.3) is 0 Å². The summed E-state index contributed by atoms with van der Waals surface area (Å²) in [4.78, 5) is 13.3. The molecule has 1 atom stereocenters. The zero-order valence-electron chi connectivity index (χ0n) is 10.6. The Hall–Kier alpha value is -0.710. The molecule has 2 heterocycles. The highest BCUT2D eigenvalue weighted by atomic mass is 35.5. The van der Waals surface area contributed by atoms with Gasteiger partial charge in [-0.05, 0) is 49.2 Å². The van der Waals surface area contributed by atoms with Crippen LogP contribution < -0.4 is 10.6 Å². The van der Waals surface area contributed by atoms with E-state index >= 15 is 0 Å². The Kier molecular flexibility index (Phi) is 4.01. The maximum Gasteiger partial charge on any atom is 0.220 e. The van der Waals surface area contributed by atoms with E-state index in [1.165, 1.54) is 10.5 Å². The van der Waals surface area contributed by atoms with Crippen molar-refractivity contribution >= 4 is 29.3 Å². The number of amides is 1. The topological polar surface area (TPSA) is 41.1 Å². The summed E-state index contributed by atoms with van der Waals surface area (Å²) in [6, 6.07) is 6.07. The summed E-state index contributed by atoms with van der Waals surface area (Å²) in [5.41, 5.74) is 1.17. The molecule has 2 aliphatic rings. The Morgan fingerprint density at radius 3 is 3.05 bits per heavy atom. The van der Waals surface area contributed by atoms with Gasteiger partial charge in [0.05, 0.1) is 6.04 Å². The van der Waals surface area contributed by atoms with Crippen molar-refractivity contribution in [2.75, 3.05) is 18.8 Å². The molecule has 0 radical (unpaired) electrons. The van der Waals surface area contributed by atoms with Crippen molar-refractivity contribution in [3.8, 4) is 0 Å². The lowest BCUT2D eigenvalue weighted by molar-refractivity contribution is -0.123. The summed E-state index contributed by atoms with van der Waals surface area (Å²) in [5, 5.41) is 7.09. The zero-order valence-corrected chi connectivity index (χ0v) is 12.2. The summed E-state index contributed by atoms with van der Waals surface area (Å²) in [5.74, 6) is 1.72. The fourth-order valence-electron chi connectivity index (χ4n) is 2.52. The van der Waals surface area contributed by atoms with Crippen molar-refractivity contribution in [1.29, 1.82) is 0 Å². The molecule has 0 aromatic heterocycles. The normalized spacial score (nSPS) is 22.5. The number of nitrogens with one attached hydrogen (secondary N) is 2. The van der Waals surface area contributed by atoms with Gasteiger partial charge >= 0.3 is 0 Å². The van der Waals surface area contributed by atoms with Crippen molar-refractivity contribution in [2.24, 2.45) is 5.92 Å². The van der Waals surface area contributed by atoms with Gasteiger partial charge in [-0.3, -0.25) is 4.79 Å². The number of rotatable bonds is 3. The number of hydrogen-bond donors (Lipinski definition) is 2. The zero-order chi connectivity index (χ0) is 13.2.